The van der Waals surface area contributed by atoms with E-state index in [1.165, 1.54) is 10.5 Å². The minimum absolute atomic E-state index is 0.568. The number of hydrogen-bond donors (Lipinski definition) is 1. The molecule has 2 N–H and O–H groups in total. The molecule has 2 aromatic carbocycles. The Kier molecular flexibility index (Phi) is 4.78. The van der Waals surface area contributed by atoms with Crippen LogP contribution in [-0.2, 0) is 5.75 Å². The number of thioether (sulfide) groups is 1. The Bertz CT molecular complexity index is 529. The fourth-order valence-electron chi connectivity index (χ4n) is 1.83. The molecule has 2 rings (SSSR count). The minimum atomic E-state index is 0.568. The Morgan fingerprint density at radius 1 is 1.11 bits per heavy atom. The number of hydrogen-bond acceptors (Lipinski definition) is 2. The van der Waals surface area contributed by atoms with Crippen LogP contribution in [0.2, 0.25) is 5.02 Å². The highest BCUT2D eigenvalue weighted by Crippen LogP contribution is 2.30. The first-order valence-electron chi connectivity index (χ1n) is 6.33. The van der Waals surface area contributed by atoms with Crippen molar-refractivity contribution < 1.29 is 0 Å². The number of anilines is 1. The first-order valence-corrected chi connectivity index (χ1v) is 7.70. The average Bonchev–Trinajstić information content (AvgIpc) is 2.38. The van der Waals surface area contributed by atoms with E-state index in [0.717, 1.165) is 22.0 Å². The summed E-state index contributed by atoms with van der Waals surface area (Å²) in [6.07, 6.45) is 0. The summed E-state index contributed by atoms with van der Waals surface area (Å²) in [5, 5.41) is 0.742. The van der Waals surface area contributed by atoms with E-state index in [0.29, 0.717) is 5.92 Å². The van der Waals surface area contributed by atoms with Gasteiger partial charge in [0.15, 0.2) is 0 Å². The molecule has 0 radical (unpaired) electrons. The van der Waals surface area contributed by atoms with Crippen molar-refractivity contribution in [3.8, 4) is 0 Å². The quantitative estimate of drug-likeness (QED) is 0.608. The second kappa shape index (κ2) is 6.36. The monoisotopic (exact) mass is 291 g/mol. The van der Waals surface area contributed by atoms with E-state index in [2.05, 4.69) is 38.1 Å². The lowest BCUT2D eigenvalue weighted by atomic mass is 10.0. The molecule has 0 unspecified atom stereocenters. The number of rotatable bonds is 4. The van der Waals surface area contributed by atoms with E-state index in [1.54, 1.807) is 11.8 Å². The van der Waals surface area contributed by atoms with Gasteiger partial charge >= 0.3 is 0 Å². The van der Waals surface area contributed by atoms with Crippen LogP contribution in [0, 0.1) is 0 Å². The van der Waals surface area contributed by atoms with E-state index in [4.69, 9.17) is 17.3 Å². The van der Waals surface area contributed by atoms with Crippen molar-refractivity contribution in [2.45, 2.75) is 30.4 Å². The lowest BCUT2D eigenvalue weighted by molar-refractivity contribution is 0.865. The standard InChI is InChI=1S/C16H18ClNS/c1-11(2)12-6-8-13(9-7-12)19-10-14-15(17)4-3-5-16(14)18/h3-9,11H,10,18H2,1-2H3. The Hall–Kier alpha value is -1.12. The topological polar surface area (TPSA) is 26.0 Å². The molecule has 1 nitrogen and oxygen atoms in total. The molecule has 0 heterocycles. The van der Waals surface area contributed by atoms with Gasteiger partial charge in [0.2, 0.25) is 0 Å². The van der Waals surface area contributed by atoms with Gasteiger partial charge in [0, 0.05) is 26.9 Å². The molecule has 0 amide bonds. The molecule has 2 aromatic rings. The fourth-order valence-corrected chi connectivity index (χ4v) is 3.12. The first-order chi connectivity index (χ1) is 9.08. The summed E-state index contributed by atoms with van der Waals surface area (Å²) in [5.74, 6) is 1.37. The van der Waals surface area contributed by atoms with Crippen molar-refractivity contribution in [3.63, 3.8) is 0 Å². The molecule has 0 aliphatic heterocycles. The zero-order valence-corrected chi connectivity index (χ0v) is 12.8. The normalized spacial score (nSPS) is 10.9. The Balaban J connectivity index is 2.06. The van der Waals surface area contributed by atoms with Gasteiger partial charge in [0.25, 0.3) is 0 Å². The van der Waals surface area contributed by atoms with Gasteiger partial charge in [0.05, 0.1) is 0 Å². The molecule has 19 heavy (non-hydrogen) atoms. The molecule has 0 spiro atoms. The van der Waals surface area contributed by atoms with Gasteiger partial charge in [-0.3, -0.25) is 0 Å². The van der Waals surface area contributed by atoms with Crippen LogP contribution in [0.3, 0.4) is 0 Å². The van der Waals surface area contributed by atoms with Crippen LogP contribution in [0.15, 0.2) is 47.4 Å². The maximum atomic E-state index is 6.17. The minimum Gasteiger partial charge on any atom is -0.398 e. The predicted octanol–water partition coefficient (Wildman–Crippen LogP) is 5.34. The Labute approximate surface area is 124 Å². The molecule has 0 saturated carbocycles. The summed E-state index contributed by atoms with van der Waals surface area (Å²) >= 11 is 7.93. The fraction of sp³-hybridized carbons (Fsp3) is 0.250. The van der Waals surface area contributed by atoms with Gasteiger partial charge in [-0.2, -0.15) is 0 Å². The SMILES string of the molecule is CC(C)c1ccc(SCc2c(N)cccc2Cl)cc1. The predicted molar refractivity (Wildman–Crippen MR) is 86.0 cm³/mol. The third kappa shape index (κ3) is 3.68. The number of nitrogen functional groups attached to an aromatic ring is 1. The molecule has 3 heteroatoms. The van der Waals surface area contributed by atoms with Crippen LogP contribution in [0.4, 0.5) is 5.69 Å². The summed E-state index contributed by atoms with van der Waals surface area (Å²) in [6, 6.07) is 14.3. The molecule has 100 valence electrons. The van der Waals surface area contributed by atoms with Crippen LogP contribution in [0.5, 0.6) is 0 Å². The highest BCUT2D eigenvalue weighted by atomic mass is 35.5. The lowest BCUT2D eigenvalue weighted by Gasteiger charge is -2.09. The second-order valence-electron chi connectivity index (χ2n) is 4.82. The number of benzene rings is 2. The molecular formula is C16H18ClNS. The molecule has 0 atom stereocenters. The van der Waals surface area contributed by atoms with Gasteiger partial charge in [-0.15, -0.1) is 11.8 Å². The third-order valence-corrected chi connectivity index (χ3v) is 4.48. The highest BCUT2D eigenvalue weighted by Gasteiger charge is 2.05. The van der Waals surface area contributed by atoms with Crippen LogP contribution in [0.1, 0.15) is 30.9 Å². The summed E-state index contributed by atoms with van der Waals surface area (Å²) in [5.41, 5.74) is 9.09. The summed E-state index contributed by atoms with van der Waals surface area (Å²) in [7, 11) is 0. The van der Waals surface area contributed by atoms with E-state index in [9.17, 15) is 0 Å². The Morgan fingerprint density at radius 2 is 1.79 bits per heavy atom. The van der Waals surface area contributed by atoms with E-state index in [1.807, 2.05) is 18.2 Å². The molecule has 0 aliphatic rings. The van der Waals surface area contributed by atoms with Crippen molar-refractivity contribution in [3.05, 3.63) is 58.6 Å². The van der Waals surface area contributed by atoms with Crippen LogP contribution >= 0.6 is 23.4 Å². The molecule has 0 fully saturated rings. The van der Waals surface area contributed by atoms with Crippen LogP contribution < -0.4 is 5.73 Å². The van der Waals surface area contributed by atoms with Crippen LogP contribution in [-0.4, -0.2) is 0 Å². The smallest absolute Gasteiger partial charge is 0.0467 e. The van der Waals surface area contributed by atoms with Gasteiger partial charge in [-0.25, -0.2) is 0 Å². The summed E-state index contributed by atoms with van der Waals surface area (Å²) in [6.45, 7) is 4.40. The molecule has 0 bridgehead atoms. The largest absolute Gasteiger partial charge is 0.398 e. The summed E-state index contributed by atoms with van der Waals surface area (Å²) < 4.78 is 0. The maximum Gasteiger partial charge on any atom is 0.0467 e. The summed E-state index contributed by atoms with van der Waals surface area (Å²) in [4.78, 5) is 1.24. The Morgan fingerprint density at radius 3 is 2.37 bits per heavy atom. The lowest BCUT2D eigenvalue weighted by Crippen LogP contribution is -1.93. The van der Waals surface area contributed by atoms with Crippen LogP contribution in [0.25, 0.3) is 0 Å². The van der Waals surface area contributed by atoms with Gasteiger partial charge < -0.3 is 5.73 Å². The van der Waals surface area contributed by atoms with Gasteiger partial charge in [-0.1, -0.05) is 43.6 Å². The number of halogens is 1. The van der Waals surface area contributed by atoms with Gasteiger partial charge in [0.1, 0.15) is 0 Å². The van der Waals surface area contributed by atoms with E-state index in [-0.39, 0.29) is 0 Å². The molecule has 0 aliphatic carbocycles. The second-order valence-corrected chi connectivity index (χ2v) is 6.28. The van der Waals surface area contributed by atoms with E-state index < -0.39 is 0 Å². The average molecular weight is 292 g/mol. The van der Waals surface area contributed by atoms with Crippen molar-refractivity contribution in [2.75, 3.05) is 5.73 Å². The molecule has 0 aromatic heterocycles. The number of nitrogens with two attached hydrogens (primary N) is 1. The van der Waals surface area contributed by atoms with E-state index >= 15 is 0 Å². The maximum absolute atomic E-state index is 6.17. The molecule has 0 saturated heterocycles. The van der Waals surface area contributed by atoms with Crippen molar-refractivity contribution in [2.24, 2.45) is 0 Å². The van der Waals surface area contributed by atoms with Crippen molar-refractivity contribution in [1.82, 2.24) is 0 Å². The third-order valence-electron chi connectivity index (χ3n) is 3.09. The zero-order valence-electron chi connectivity index (χ0n) is 11.2. The van der Waals surface area contributed by atoms with Crippen molar-refractivity contribution >= 4 is 29.1 Å². The van der Waals surface area contributed by atoms with Crippen molar-refractivity contribution in [1.29, 1.82) is 0 Å². The first kappa shape index (κ1) is 14.3. The molecular weight excluding hydrogens is 274 g/mol. The highest BCUT2D eigenvalue weighted by molar-refractivity contribution is 7.98. The van der Waals surface area contributed by atoms with Gasteiger partial charge in [-0.05, 0) is 35.7 Å². The zero-order chi connectivity index (χ0) is 13.8.